The van der Waals surface area contributed by atoms with Crippen LogP contribution in [-0.4, -0.2) is 63.6 Å². The molecule has 13 nitrogen and oxygen atoms in total. The van der Waals surface area contributed by atoms with Crippen molar-refractivity contribution in [3.8, 4) is 0 Å². The van der Waals surface area contributed by atoms with Gasteiger partial charge in [0.1, 0.15) is 24.0 Å². The highest BCUT2D eigenvalue weighted by Crippen LogP contribution is 2.10. The maximum atomic E-state index is 13.3. The zero-order chi connectivity index (χ0) is 30.6. The number of hydrogen-bond donors (Lipinski definition) is 4. The van der Waals surface area contributed by atoms with Crippen LogP contribution in [0.3, 0.4) is 0 Å². The fourth-order valence-corrected chi connectivity index (χ4v) is 4.12. The molecular weight excluding hydrogens is 542 g/mol. The Labute approximate surface area is 242 Å². The number of anilines is 1. The van der Waals surface area contributed by atoms with Gasteiger partial charge in [0.05, 0.1) is 17.2 Å². The smallest absolute Gasteiger partial charge is 0.287 e. The first-order chi connectivity index (χ1) is 20.2. The zero-order valence-corrected chi connectivity index (χ0v) is 23.8. The SMILES string of the molecule is CCC(CC)CNC(=O)Cn1cccc(NC(=O)C(CCC(=O)C(=O)NC)NC(=O)c2cnc3ccccc3n2)c1=O. The van der Waals surface area contributed by atoms with E-state index >= 15 is 0 Å². The lowest BCUT2D eigenvalue weighted by Gasteiger charge is -2.18. The van der Waals surface area contributed by atoms with Crippen molar-refractivity contribution in [1.82, 2.24) is 30.5 Å². The summed E-state index contributed by atoms with van der Waals surface area (Å²) >= 11 is 0. The average molecular weight is 578 g/mol. The molecule has 1 atom stereocenters. The van der Waals surface area contributed by atoms with E-state index in [9.17, 15) is 28.8 Å². The molecule has 2 aromatic heterocycles. The topological polar surface area (TPSA) is 181 Å². The molecule has 0 spiro atoms. The van der Waals surface area contributed by atoms with Gasteiger partial charge in [-0.25, -0.2) is 4.98 Å². The van der Waals surface area contributed by atoms with Gasteiger partial charge >= 0.3 is 0 Å². The Morgan fingerprint density at radius 3 is 2.38 bits per heavy atom. The molecule has 3 aromatic rings. The highest BCUT2D eigenvalue weighted by molar-refractivity contribution is 6.36. The second-order valence-corrected chi connectivity index (χ2v) is 9.64. The number of ketones is 1. The Morgan fingerprint density at radius 1 is 0.976 bits per heavy atom. The standard InChI is InChI=1S/C29H35N7O6/c1-4-18(5-2)15-32-25(38)17-36-14-8-11-22(29(36)42)35-26(39)21(12-13-24(37)28(41)30-3)34-27(40)23-16-31-19-9-6-7-10-20(19)33-23/h6-11,14,16,18,21H,4-5,12-13,15,17H2,1-3H3,(H,30,41)(H,32,38)(H,34,40)(H,35,39). The van der Waals surface area contributed by atoms with Gasteiger partial charge in [-0.05, 0) is 36.6 Å². The number of para-hydroxylation sites is 2. The van der Waals surface area contributed by atoms with Crippen LogP contribution in [0.1, 0.15) is 50.0 Å². The number of aromatic nitrogens is 3. The summed E-state index contributed by atoms with van der Waals surface area (Å²) in [5, 5.41) is 10.0. The second-order valence-electron chi connectivity index (χ2n) is 9.64. The summed E-state index contributed by atoms with van der Waals surface area (Å²) in [6.07, 6.45) is 3.93. The van der Waals surface area contributed by atoms with Crippen molar-refractivity contribution in [2.45, 2.75) is 52.1 Å². The van der Waals surface area contributed by atoms with Crippen molar-refractivity contribution in [2.75, 3.05) is 18.9 Å². The van der Waals surface area contributed by atoms with Gasteiger partial charge < -0.3 is 25.8 Å². The minimum Gasteiger partial charge on any atom is -0.354 e. The lowest BCUT2D eigenvalue weighted by Crippen LogP contribution is -2.45. The van der Waals surface area contributed by atoms with E-state index in [2.05, 4.69) is 31.2 Å². The summed E-state index contributed by atoms with van der Waals surface area (Å²) in [6.45, 7) is 4.32. The number of nitrogens with one attached hydrogen (secondary N) is 4. The van der Waals surface area contributed by atoms with Crippen molar-refractivity contribution >= 4 is 46.1 Å². The van der Waals surface area contributed by atoms with E-state index in [1.807, 2.05) is 13.8 Å². The maximum absolute atomic E-state index is 13.3. The normalized spacial score (nSPS) is 11.5. The number of pyridine rings is 1. The highest BCUT2D eigenvalue weighted by Gasteiger charge is 2.26. The van der Waals surface area contributed by atoms with Crippen LogP contribution in [-0.2, 0) is 25.7 Å². The molecule has 1 aromatic carbocycles. The Hall–Kier alpha value is -4.94. The average Bonchev–Trinajstić information content (AvgIpc) is 3.00. The third kappa shape index (κ3) is 8.53. The molecule has 0 aliphatic heterocycles. The van der Waals surface area contributed by atoms with Crippen LogP contribution in [0.5, 0.6) is 0 Å². The number of carbonyl (C=O) groups is 5. The molecule has 0 saturated carbocycles. The first-order valence-corrected chi connectivity index (χ1v) is 13.7. The number of fused-ring (bicyclic) bond motifs is 1. The van der Waals surface area contributed by atoms with E-state index in [-0.39, 0.29) is 36.7 Å². The summed E-state index contributed by atoms with van der Waals surface area (Å²) in [7, 11) is 1.30. The van der Waals surface area contributed by atoms with Crippen LogP contribution in [0.25, 0.3) is 11.0 Å². The molecule has 0 radical (unpaired) electrons. The van der Waals surface area contributed by atoms with Crippen LogP contribution in [0.2, 0.25) is 0 Å². The van der Waals surface area contributed by atoms with Crippen LogP contribution >= 0.6 is 0 Å². The Morgan fingerprint density at radius 2 is 1.69 bits per heavy atom. The van der Waals surface area contributed by atoms with Crippen molar-refractivity contribution in [3.05, 3.63) is 64.8 Å². The number of carbonyl (C=O) groups excluding carboxylic acids is 5. The van der Waals surface area contributed by atoms with Gasteiger partial charge in [0.25, 0.3) is 17.4 Å². The van der Waals surface area contributed by atoms with E-state index in [0.29, 0.717) is 23.5 Å². The molecule has 222 valence electrons. The lowest BCUT2D eigenvalue weighted by atomic mass is 10.0. The van der Waals surface area contributed by atoms with E-state index in [0.717, 1.165) is 17.4 Å². The third-order valence-corrected chi connectivity index (χ3v) is 6.78. The Kier molecular flexibility index (Phi) is 11.4. The van der Waals surface area contributed by atoms with Gasteiger partial charge in [0.2, 0.25) is 17.6 Å². The second kappa shape index (κ2) is 15.2. The van der Waals surface area contributed by atoms with Crippen LogP contribution in [0.15, 0.2) is 53.6 Å². The van der Waals surface area contributed by atoms with Crippen LogP contribution in [0, 0.1) is 5.92 Å². The van der Waals surface area contributed by atoms with Crippen LogP contribution in [0.4, 0.5) is 5.69 Å². The van der Waals surface area contributed by atoms with Crippen molar-refractivity contribution in [3.63, 3.8) is 0 Å². The van der Waals surface area contributed by atoms with Gasteiger partial charge in [-0.3, -0.25) is 33.8 Å². The zero-order valence-electron chi connectivity index (χ0n) is 23.8. The van der Waals surface area contributed by atoms with E-state index in [4.69, 9.17) is 0 Å². The fraction of sp³-hybridized carbons (Fsp3) is 0.379. The predicted molar refractivity (Wildman–Crippen MR) is 156 cm³/mol. The molecule has 3 rings (SSSR count). The van der Waals surface area contributed by atoms with Gasteiger partial charge in [-0.1, -0.05) is 38.8 Å². The molecule has 0 bridgehead atoms. The Balaban J connectivity index is 1.76. The molecular formula is C29H35N7O6. The molecule has 4 N–H and O–H groups in total. The number of likely N-dealkylation sites (N-methyl/N-ethyl adjacent to an activating group) is 1. The van der Waals surface area contributed by atoms with Gasteiger partial charge in [-0.15, -0.1) is 0 Å². The van der Waals surface area contributed by atoms with E-state index in [1.54, 1.807) is 24.3 Å². The minimum atomic E-state index is -1.31. The van der Waals surface area contributed by atoms with E-state index in [1.165, 1.54) is 31.6 Å². The maximum Gasteiger partial charge on any atom is 0.287 e. The fourth-order valence-electron chi connectivity index (χ4n) is 4.12. The molecule has 0 saturated heterocycles. The predicted octanol–water partition coefficient (Wildman–Crippen LogP) is 1.18. The molecule has 0 aliphatic rings. The molecule has 4 amide bonds. The van der Waals surface area contributed by atoms with E-state index < -0.39 is 35.1 Å². The molecule has 0 aliphatic carbocycles. The summed E-state index contributed by atoms with van der Waals surface area (Å²) < 4.78 is 1.16. The summed E-state index contributed by atoms with van der Waals surface area (Å²) in [5.74, 6) is -3.16. The van der Waals surface area contributed by atoms with Gasteiger partial charge in [0.15, 0.2) is 0 Å². The summed E-state index contributed by atoms with van der Waals surface area (Å²) in [4.78, 5) is 84.0. The molecule has 42 heavy (non-hydrogen) atoms. The largest absolute Gasteiger partial charge is 0.354 e. The number of rotatable bonds is 14. The molecule has 0 fully saturated rings. The monoisotopic (exact) mass is 577 g/mol. The number of benzene rings is 1. The lowest BCUT2D eigenvalue weighted by molar-refractivity contribution is -0.137. The third-order valence-electron chi connectivity index (χ3n) is 6.78. The molecule has 2 heterocycles. The number of Topliss-reactive ketones (excluding diaryl/α,β-unsaturated/α-hetero) is 1. The van der Waals surface area contributed by atoms with Gasteiger partial charge in [-0.2, -0.15) is 0 Å². The van der Waals surface area contributed by atoms with Crippen molar-refractivity contribution < 1.29 is 24.0 Å². The minimum absolute atomic E-state index is 0.0643. The van der Waals surface area contributed by atoms with Gasteiger partial charge in [0, 0.05) is 26.2 Å². The van der Waals surface area contributed by atoms with Crippen LogP contribution < -0.4 is 26.8 Å². The van der Waals surface area contributed by atoms with Crippen molar-refractivity contribution in [1.29, 1.82) is 0 Å². The summed E-state index contributed by atoms with van der Waals surface area (Å²) in [6, 6.07) is 8.48. The Bertz CT molecular complexity index is 1520. The summed E-state index contributed by atoms with van der Waals surface area (Å²) in [5.41, 5.74) is 0.220. The number of nitrogens with zero attached hydrogens (tertiary/aromatic N) is 3. The molecule has 1 unspecified atom stereocenters. The first-order valence-electron chi connectivity index (χ1n) is 13.7. The molecule has 13 heteroatoms. The highest BCUT2D eigenvalue weighted by atomic mass is 16.2. The first kappa shape index (κ1) is 31.6. The quantitative estimate of drug-likeness (QED) is 0.206. The number of amides is 4. The van der Waals surface area contributed by atoms with Crippen molar-refractivity contribution in [2.24, 2.45) is 5.92 Å². The number of hydrogen-bond acceptors (Lipinski definition) is 8.